The Hall–Kier alpha value is -0.650. The second kappa shape index (κ2) is 4.72. The SMILES string of the molecule is CC1CN(C(CN)C(=O)O)C(C)CO1. The molecule has 1 heterocycles. The average Bonchev–Trinajstić information content (AvgIpc) is 2.11. The molecule has 3 unspecified atom stereocenters. The van der Waals surface area contributed by atoms with E-state index >= 15 is 0 Å². The highest BCUT2D eigenvalue weighted by atomic mass is 16.5. The number of nitrogens with zero attached hydrogens (tertiary/aromatic N) is 1. The molecule has 0 bridgehead atoms. The largest absolute Gasteiger partial charge is 0.480 e. The van der Waals surface area contributed by atoms with Crippen LogP contribution in [0.25, 0.3) is 0 Å². The van der Waals surface area contributed by atoms with E-state index in [2.05, 4.69) is 0 Å². The van der Waals surface area contributed by atoms with Gasteiger partial charge in [-0.2, -0.15) is 0 Å². The first-order valence-corrected chi connectivity index (χ1v) is 4.86. The van der Waals surface area contributed by atoms with Crippen molar-refractivity contribution in [2.24, 2.45) is 5.73 Å². The molecule has 0 saturated carbocycles. The van der Waals surface area contributed by atoms with Gasteiger partial charge in [0.15, 0.2) is 0 Å². The lowest BCUT2D eigenvalue weighted by Gasteiger charge is -2.39. The minimum absolute atomic E-state index is 0.0830. The summed E-state index contributed by atoms with van der Waals surface area (Å²) < 4.78 is 5.42. The van der Waals surface area contributed by atoms with E-state index < -0.39 is 12.0 Å². The molecule has 82 valence electrons. The van der Waals surface area contributed by atoms with Crippen molar-refractivity contribution in [2.45, 2.75) is 32.0 Å². The maximum absolute atomic E-state index is 10.9. The van der Waals surface area contributed by atoms with Crippen LogP contribution in [-0.2, 0) is 9.53 Å². The Kier molecular flexibility index (Phi) is 3.86. The summed E-state index contributed by atoms with van der Waals surface area (Å²) in [6.45, 7) is 5.25. The van der Waals surface area contributed by atoms with E-state index in [1.54, 1.807) is 0 Å². The standard InChI is InChI=1S/C9H18N2O3/c1-6-5-14-7(2)4-11(6)8(3-10)9(12)13/h6-8H,3-5,10H2,1-2H3,(H,12,13). The molecule has 0 radical (unpaired) electrons. The fourth-order valence-corrected chi connectivity index (χ4v) is 1.74. The van der Waals surface area contributed by atoms with Crippen molar-refractivity contribution in [1.82, 2.24) is 4.90 Å². The van der Waals surface area contributed by atoms with Gasteiger partial charge in [-0.15, -0.1) is 0 Å². The number of hydrogen-bond acceptors (Lipinski definition) is 4. The summed E-state index contributed by atoms with van der Waals surface area (Å²) in [5, 5.41) is 8.97. The summed E-state index contributed by atoms with van der Waals surface area (Å²) in [6, 6.07) is -0.466. The van der Waals surface area contributed by atoms with Gasteiger partial charge in [-0.1, -0.05) is 0 Å². The molecule has 0 aromatic rings. The number of carboxylic acids is 1. The van der Waals surface area contributed by atoms with Gasteiger partial charge < -0.3 is 15.6 Å². The lowest BCUT2D eigenvalue weighted by Crippen LogP contribution is -2.57. The highest BCUT2D eigenvalue weighted by Gasteiger charge is 2.32. The van der Waals surface area contributed by atoms with E-state index in [1.807, 2.05) is 18.7 Å². The van der Waals surface area contributed by atoms with Crippen LogP contribution in [0.1, 0.15) is 13.8 Å². The van der Waals surface area contributed by atoms with Crippen molar-refractivity contribution >= 4 is 5.97 Å². The Morgan fingerprint density at radius 2 is 2.36 bits per heavy atom. The van der Waals surface area contributed by atoms with Gasteiger partial charge in [0.25, 0.3) is 0 Å². The third-order valence-corrected chi connectivity index (χ3v) is 2.56. The highest BCUT2D eigenvalue weighted by Crippen LogP contribution is 2.14. The number of aliphatic carboxylic acids is 1. The van der Waals surface area contributed by atoms with Gasteiger partial charge in [0.1, 0.15) is 6.04 Å². The quantitative estimate of drug-likeness (QED) is 0.645. The summed E-state index contributed by atoms with van der Waals surface area (Å²) in [5.74, 6) is -0.853. The first-order valence-electron chi connectivity index (χ1n) is 4.86. The lowest BCUT2D eigenvalue weighted by molar-refractivity contribution is -0.148. The maximum Gasteiger partial charge on any atom is 0.322 e. The smallest absolute Gasteiger partial charge is 0.322 e. The van der Waals surface area contributed by atoms with Crippen molar-refractivity contribution in [3.05, 3.63) is 0 Å². The molecule has 1 fully saturated rings. The van der Waals surface area contributed by atoms with E-state index in [4.69, 9.17) is 15.6 Å². The summed E-state index contributed by atoms with van der Waals surface area (Å²) in [5.41, 5.74) is 5.45. The van der Waals surface area contributed by atoms with Gasteiger partial charge in [0, 0.05) is 19.1 Å². The van der Waals surface area contributed by atoms with Gasteiger partial charge in [0.05, 0.1) is 12.7 Å². The molecule has 0 aromatic carbocycles. The molecule has 5 heteroatoms. The second-order valence-electron chi connectivity index (χ2n) is 3.78. The number of nitrogens with two attached hydrogens (primary N) is 1. The molecule has 1 aliphatic rings. The number of carboxylic acid groups (broad SMARTS) is 1. The topological polar surface area (TPSA) is 75.8 Å². The van der Waals surface area contributed by atoms with E-state index in [-0.39, 0.29) is 18.7 Å². The molecule has 0 aromatic heterocycles. The fraction of sp³-hybridized carbons (Fsp3) is 0.889. The molecular formula is C9H18N2O3. The van der Waals surface area contributed by atoms with Crippen LogP contribution in [0.4, 0.5) is 0 Å². The van der Waals surface area contributed by atoms with Gasteiger partial charge in [0.2, 0.25) is 0 Å². The first-order chi connectivity index (χ1) is 6.56. The number of morpholine rings is 1. The molecule has 3 atom stereocenters. The molecule has 1 saturated heterocycles. The summed E-state index contributed by atoms with van der Waals surface area (Å²) in [7, 11) is 0. The minimum Gasteiger partial charge on any atom is -0.480 e. The Bertz CT molecular complexity index is 210. The number of ether oxygens (including phenoxy) is 1. The summed E-state index contributed by atoms with van der Waals surface area (Å²) in [4.78, 5) is 12.8. The van der Waals surface area contributed by atoms with Crippen molar-refractivity contribution < 1.29 is 14.6 Å². The van der Waals surface area contributed by atoms with Gasteiger partial charge >= 0.3 is 5.97 Å². The third-order valence-electron chi connectivity index (χ3n) is 2.56. The predicted molar refractivity (Wildman–Crippen MR) is 52.1 cm³/mol. The van der Waals surface area contributed by atoms with Gasteiger partial charge in [-0.05, 0) is 13.8 Å². The second-order valence-corrected chi connectivity index (χ2v) is 3.78. The summed E-state index contributed by atoms with van der Waals surface area (Å²) in [6.07, 6.45) is 0.0830. The van der Waals surface area contributed by atoms with Crippen LogP contribution in [0.3, 0.4) is 0 Å². The number of carbonyl (C=O) groups is 1. The normalized spacial score (nSPS) is 31.4. The van der Waals surface area contributed by atoms with Crippen LogP contribution in [-0.4, -0.2) is 53.9 Å². The van der Waals surface area contributed by atoms with E-state index in [0.717, 1.165) is 0 Å². The number of hydrogen-bond donors (Lipinski definition) is 2. The van der Waals surface area contributed by atoms with Crippen molar-refractivity contribution in [3.63, 3.8) is 0 Å². The molecule has 3 N–H and O–H groups in total. The van der Waals surface area contributed by atoms with Crippen LogP contribution in [0, 0.1) is 0 Å². The minimum atomic E-state index is -0.853. The van der Waals surface area contributed by atoms with Crippen LogP contribution in [0.5, 0.6) is 0 Å². The molecule has 0 aliphatic carbocycles. The third kappa shape index (κ3) is 2.43. The van der Waals surface area contributed by atoms with Crippen LogP contribution in [0.2, 0.25) is 0 Å². The van der Waals surface area contributed by atoms with Crippen LogP contribution < -0.4 is 5.73 Å². The Labute approximate surface area is 83.8 Å². The van der Waals surface area contributed by atoms with E-state index in [1.165, 1.54) is 0 Å². The van der Waals surface area contributed by atoms with Crippen LogP contribution >= 0.6 is 0 Å². The zero-order valence-electron chi connectivity index (χ0n) is 8.64. The van der Waals surface area contributed by atoms with Crippen LogP contribution in [0.15, 0.2) is 0 Å². The van der Waals surface area contributed by atoms with E-state index in [9.17, 15) is 4.79 Å². The van der Waals surface area contributed by atoms with Crippen molar-refractivity contribution in [2.75, 3.05) is 19.7 Å². The number of rotatable bonds is 3. The molecule has 14 heavy (non-hydrogen) atoms. The highest BCUT2D eigenvalue weighted by molar-refractivity contribution is 5.73. The van der Waals surface area contributed by atoms with Crippen molar-refractivity contribution in [1.29, 1.82) is 0 Å². The lowest BCUT2D eigenvalue weighted by atomic mass is 10.1. The first kappa shape index (κ1) is 11.4. The molecule has 0 amide bonds. The van der Waals surface area contributed by atoms with Gasteiger partial charge in [-0.3, -0.25) is 9.69 Å². The molecule has 5 nitrogen and oxygen atoms in total. The molecule has 1 aliphatic heterocycles. The fourth-order valence-electron chi connectivity index (χ4n) is 1.74. The Morgan fingerprint density at radius 3 is 2.86 bits per heavy atom. The molecule has 1 rings (SSSR count). The monoisotopic (exact) mass is 202 g/mol. The van der Waals surface area contributed by atoms with Gasteiger partial charge in [-0.25, -0.2) is 0 Å². The molecule has 0 spiro atoms. The predicted octanol–water partition coefficient (Wildman–Crippen LogP) is -0.492. The zero-order valence-corrected chi connectivity index (χ0v) is 8.64. The summed E-state index contributed by atoms with van der Waals surface area (Å²) >= 11 is 0. The van der Waals surface area contributed by atoms with Crippen molar-refractivity contribution in [3.8, 4) is 0 Å². The average molecular weight is 202 g/mol. The zero-order chi connectivity index (χ0) is 10.7. The van der Waals surface area contributed by atoms with E-state index in [0.29, 0.717) is 13.2 Å². The Balaban J connectivity index is 2.66. The maximum atomic E-state index is 10.9. The molecular weight excluding hydrogens is 184 g/mol. The Morgan fingerprint density at radius 1 is 1.71 bits per heavy atom.